The summed E-state index contributed by atoms with van der Waals surface area (Å²) in [5, 5.41) is 0. The summed E-state index contributed by atoms with van der Waals surface area (Å²) in [7, 11) is 1.68. The average Bonchev–Trinajstić information content (AvgIpc) is 3.29. The molecule has 6 nitrogen and oxygen atoms in total. The van der Waals surface area contributed by atoms with Gasteiger partial charge in [0.25, 0.3) is 11.5 Å². The lowest BCUT2D eigenvalue weighted by atomic mass is 9.95. The highest BCUT2D eigenvalue weighted by Gasteiger charge is 2.32. The molecule has 3 heterocycles. The minimum absolute atomic E-state index is 0.0511. The van der Waals surface area contributed by atoms with Gasteiger partial charge >= 0.3 is 0 Å². The molecule has 0 radical (unpaired) electrons. The van der Waals surface area contributed by atoms with Gasteiger partial charge in [-0.2, -0.15) is 0 Å². The third-order valence-corrected chi connectivity index (χ3v) is 5.98. The summed E-state index contributed by atoms with van der Waals surface area (Å²) in [6, 6.07) is 19.2. The molecule has 152 valence electrons. The fraction of sp³-hybridized carbons (Fsp3) is 0.250. The molecule has 0 aliphatic carbocycles. The van der Waals surface area contributed by atoms with Crippen LogP contribution in [0.15, 0.2) is 65.5 Å². The number of hydrogen-bond acceptors (Lipinski definition) is 4. The minimum Gasteiger partial charge on any atom is -0.380 e. The maximum Gasteiger partial charge on any atom is 0.277 e. The van der Waals surface area contributed by atoms with Gasteiger partial charge in [0.15, 0.2) is 0 Å². The number of aromatic nitrogens is 1. The summed E-state index contributed by atoms with van der Waals surface area (Å²) in [5.74, 6) is -0.0750. The lowest BCUT2D eigenvalue weighted by molar-refractivity contribution is 0.0724. The van der Waals surface area contributed by atoms with Crippen molar-refractivity contribution >= 4 is 5.91 Å². The first-order valence-corrected chi connectivity index (χ1v) is 10.2. The summed E-state index contributed by atoms with van der Waals surface area (Å²) in [6.45, 7) is 1.74. The summed E-state index contributed by atoms with van der Waals surface area (Å²) >= 11 is 0. The molecule has 6 heteroatoms. The molecule has 1 amide bonds. The zero-order chi connectivity index (χ0) is 20.7. The zero-order valence-corrected chi connectivity index (χ0v) is 16.8. The molecule has 2 aliphatic rings. The van der Waals surface area contributed by atoms with E-state index in [2.05, 4.69) is 5.43 Å². The Balaban J connectivity index is 1.72. The van der Waals surface area contributed by atoms with E-state index in [1.807, 2.05) is 59.5 Å². The lowest BCUT2D eigenvalue weighted by Crippen LogP contribution is -2.38. The fourth-order valence-corrected chi connectivity index (χ4v) is 4.37. The Morgan fingerprint density at radius 2 is 1.83 bits per heavy atom. The van der Waals surface area contributed by atoms with Crippen molar-refractivity contribution in [3.8, 4) is 22.4 Å². The highest BCUT2D eigenvalue weighted by molar-refractivity contribution is 6.02. The first-order chi connectivity index (χ1) is 14.7. The Morgan fingerprint density at radius 1 is 1.07 bits per heavy atom. The van der Waals surface area contributed by atoms with Crippen molar-refractivity contribution in [3.63, 3.8) is 0 Å². The van der Waals surface area contributed by atoms with E-state index in [1.165, 1.54) is 0 Å². The number of nitrogens with one attached hydrogen (secondary N) is 1. The lowest BCUT2D eigenvalue weighted by Gasteiger charge is -2.27. The topological polar surface area (TPSA) is 63.6 Å². The number of ether oxygens (including phenoxy) is 1. The smallest absolute Gasteiger partial charge is 0.277 e. The Kier molecular flexibility index (Phi) is 4.64. The first-order valence-electron chi connectivity index (χ1n) is 10.2. The molecule has 0 unspecified atom stereocenters. The predicted octanol–water partition coefficient (Wildman–Crippen LogP) is 3.10. The quantitative estimate of drug-likeness (QED) is 0.733. The third kappa shape index (κ3) is 3.00. The number of benzene rings is 2. The molecule has 1 saturated heterocycles. The number of carbonyl (C=O) groups excluding carboxylic acids is 1. The van der Waals surface area contributed by atoms with Crippen LogP contribution < -0.4 is 11.0 Å². The molecule has 5 rings (SSSR count). The second-order valence-corrected chi connectivity index (χ2v) is 7.72. The molecule has 1 N–H and O–H groups in total. The second-order valence-electron chi connectivity index (χ2n) is 7.72. The van der Waals surface area contributed by atoms with Crippen molar-refractivity contribution in [3.05, 3.63) is 82.1 Å². The fourth-order valence-electron chi connectivity index (χ4n) is 4.37. The van der Waals surface area contributed by atoms with Gasteiger partial charge in [0, 0.05) is 31.3 Å². The number of methoxy groups -OCH3 is 1. The number of amides is 1. The van der Waals surface area contributed by atoms with Gasteiger partial charge < -0.3 is 15.1 Å². The monoisotopic (exact) mass is 401 g/mol. The average molecular weight is 401 g/mol. The molecule has 1 fully saturated rings. The molecule has 1 aromatic heterocycles. The van der Waals surface area contributed by atoms with Gasteiger partial charge in [-0.3, -0.25) is 9.59 Å². The normalized spacial score (nSPS) is 17.2. The maximum atomic E-state index is 13.6. The number of likely N-dealkylation sites (tertiary alicyclic amines) is 1. The van der Waals surface area contributed by atoms with Crippen molar-refractivity contribution in [2.75, 3.05) is 25.6 Å². The van der Waals surface area contributed by atoms with Crippen LogP contribution in [0.3, 0.4) is 0 Å². The summed E-state index contributed by atoms with van der Waals surface area (Å²) in [4.78, 5) is 28.8. The Bertz CT molecular complexity index is 1170. The van der Waals surface area contributed by atoms with Crippen molar-refractivity contribution in [2.24, 2.45) is 0 Å². The highest BCUT2D eigenvalue weighted by atomic mass is 16.5. The van der Waals surface area contributed by atoms with Crippen LogP contribution in [0.4, 0.5) is 0 Å². The second kappa shape index (κ2) is 7.46. The zero-order valence-electron chi connectivity index (χ0n) is 16.8. The number of nitrogens with zero attached hydrogens (tertiary/aromatic N) is 2. The van der Waals surface area contributed by atoms with Gasteiger partial charge in [0.1, 0.15) is 0 Å². The van der Waals surface area contributed by atoms with E-state index in [-0.39, 0.29) is 17.6 Å². The van der Waals surface area contributed by atoms with E-state index < -0.39 is 0 Å². The Labute approximate surface area is 174 Å². The van der Waals surface area contributed by atoms with Crippen LogP contribution in [0.5, 0.6) is 0 Å². The van der Waals surface area contributed by atoms with Crippen LogP contribution >= 0.6 is 0 Å². The molecule has 0 spiro atoms. The van der Waals surface area contributed by atoms with Crippen LogP contribution in [-0.2, 0) is 11.3 Å². The first kappa shape index (κ1) is 18.6. The Hall–Kier alpha value is -3.38. The molecule has 0 bridgehead atoms. The van der Waals surface area contributed by atoms with Gasteiger partial charge in [-0.05, 0) is 23.6 Å². The minimum atomic E-state index is -0.154. The van der Waals surface area contributed by atoms with Gasteiger partial charge in [0.2, 0.25) is 0 Å². The molecule has 0 saturated carbocycles. The number of carbonyl (C=O) groups is 1. The summed E-state index contributed by atoms with van der Waals surface area (Å²) in [5.41, 5.74) is 7.51. The molecule has 1 atom stereocenters. The number of hydrogen-bond donors (Lipinski definition) is 1. The largest absolute Gasteiger partial charge is 0.380 e. The predicted molar refractivity (Wildman–Crippen MR) is 116 cm³/mol. The summed E-state index contributed by atoms with van der Waals surface area (Å²) < 4.78 is 6.99. The van der Waals surface area contributed by atoms with Crippen molar-refractivity contribution < 1.29 is 9.53 Å². The van der Waals surface area contributed by atoms with Crippen molar-refractivity contribution in [2.45, 2.75) is 19.1 Å². The van der Waals surface area contributed by atoms with E-state index in [0.29, 0.717) is 36.5 Å². The molecular weight excluding hydrogens is 378 g/mol. The van der Waals surface area contributed by atoms with Crippen LogP contribution in [0.1, 0.15) is 22.3 Å². The van der Waals surface area contributed by atoms with E-state index in [4.69, 9.17) is 4.74 Å². The molecule has 30 heavy (non-hydrogen) atoms. The number of pyridine rings is 1. The van der Waals surface area contributed by atoms with Gasteiger partial charge in [-0.25, -0.2) is 4.68 Å². The van der Waals surface area contributed by atoms with Crippen molar-refractivity contribution in [1.29, 1.82) is 0 Å². The van der Waals surface area contributed by atoms with E-state index >= 15 is 0 Å². The van der Waals surface area contributed by atoms with Gasteiger partial charge in [0.05, 0.1) is 23.9 Å². The van der Waals surface area contributed by atoms with Gasteiger partial charge in [-0.15, -0.1) is 0 Å². The van der Waals surface area contributed by atoms with Crippen LogP contribution in [0.2, 0.25) is 0 Å². The van der Waals surface area contributed by atoms with Crippen LogP contribution in [0.25, 0.3) is 22.4 Å². The number of fused-ring (bicyclic) bond motifs is 3. The standard InChI is InChI=1S/C24H23N3O3/c1-30-18-11-12-26(15-18)23(28)21-13-20(16-7-3-2-4-8-16)24(29)27-22(21)19-10-6-5-9-17(19)14-25-27/h2-10,13,18,25H,11-12,14-15H2,1H3/t18-/m1/s1. The van der Waals surface area contributed by atoms with Crippen LogP contribution in [0, 0.1) is 0 Å². The molecule has 3 aromatic rings. The molecule has 2 aliphatic heterocycles. The molecule has 2 aromatic carbocycles. The van der Waals surface area contributed by atoms with E-state index in [9.17, 15) is 9.59 Å². The van der Waals surface area contributed by atoms with E-state index in [0.717, 1.165) is 23.1 Å². The van der Waals surface area contributed by atoms with E-state index in [1.54, 1.807) is 17.9 Å². The number of rotatable bonds is 3. The van der Waals surface area contributed by atoms with Crippen molar-refractivity contribution in [1.82, 2.24) is 9.58 Å². The Morgan fingerprint density at radius 3 is 2.60 bits per heavy atom. The van der Waals surface area contributed by atoms with Gasteiger partial charge in [-0.1, -0.05) is 54.6 Å². The SMILES string of the molecule is CO[C@@H]1CCN(C(=O)c2cc(-c3ccccc3)c(=O)n3c2-c2ccccc2CN3)C1. The summed E-state index contributed by atoms with van der Waals surface area (Å²) in [6.07, 6.45) is 0.868. The maximum absolute atomic E-state index is 13.6. The highest BCUT2D eigenvalue weighted by Crippen LogP contribution is 2.32. The molecular formula is C24H23N3O3. The van der Waals surface area contributed by atoms with Crippen LogP contribution in [-0.4, -0.2) is 41.8 Å². The third-order valence-electron chi connectivity index (χ3n) is 5.98.